The fourth-order valence-electron chi connectivity index (χ4n) is 1.73. The third-order valence-corrected chi connectivity index (χ3v) is 3.47. The summed E-state index contributed by atoms with van der Waals surface area (Å²) in [7, 11) is 0. The van der Waals surface area contributed by atoms with E-state index >= 15 is 0 Å². The van der Waals surface area contributed by atoms with Crippen LogP contribution in [0.25, 0.3) is 0 Å². The Hall–Kier alpha value is -0.300. The Kier molecular flexibility index (Phi) is 2.35. The minimum Gasteiger partial charge on any atom is -0.324 e. The molecule has 1 aliphatic rings. The van der Waals surface area contributed by atoms with Crippen LogP contribution in [0, 0.1) is 5.41 Å². The highest BCUT2D eigenvalue weighted by molar-refractivity contribution is 5.22. The molecule has 0 aromatic carbocycles. The molecule has 1 saturated carbocycles. The highest BCUT2D eigenvalue weighted by Crippen LogP contribution is 2.51. The molecule has 0 amide bonds. The lowest BCUT2D eigenvalue weighted by Gasteiger charge is -2.34. The van der Waals surface area contributed by atoms with Gasteiger partial charge in [-0.15, -0.1) is 0 Å². The van der Waals surface area contributed by atoms with Crippen molar-refractivity contribution in [3.8, 4) is 0 Å². The smallest absolute Gasteiger partial charge is 0.0244 e. The third-order valence-electron chi connectivity index (χ3n) is 3.47. The lowest BCUT2D eigenvalue weighted by Crippen LogP contribution is -2.40. The predicted octanol–water partition coefficient (Wildman–Crippen LogP) is 2.86. The molecule has 1 fully saturated rings. The van der Waals surface area contributed by atoms with Crippen LogP contribution in [-0.2, 0) is 0 Å². The third kappa shape index (κ3) is 1.42. The van der Waals surface area contributed by atoms with E-state index < -0.39 is 0 Å². The molecule has 2 N–H and O–H groups in total. The fraction of sp³-hybridized carbons (Fsp3) is 0.818. The Balaban J connectivity index is 2.64. The van der Waals surface area contributed by atoms with Crippen molar-refractivity contribution in [2.24, 2.45) is 11.1 Å². The number of rotatable bonds is 4. The van der Waals surface area contributed by atoms with Crippen molar-refractivity contribution < 1.29 is 0 Å². The van der Waals surface area contributed by atoms with Gasteiger partial charge in [-0.1, -0.05) is 39.3 Å². The Labute approximate surface area is 76.0 Å². The van der Waals surface area contributed by atoms with Crippen molar-refractivity contribution in [3.05, 3.63) is 12.2 Å². The molecule has 0 saturated heterocycles. The maximum atomic E-state index is 6.19. The molecular formula is C11H21N. The molecule has 0 heterocycles. The van der Waals surface area contributed by atoms with Gasteiger partial charge in [-0.25, -0.2) is 0 Å². The van der Waals surface area contributed by atoms with E-state index in [1.165, 1.54) is 24.8 Å². The van der Waals surface area contributed by atoms with Gasteiger partial charge in [-0.05, 0) is 19.3 Å². The van der Waals surface area contributed by atoms with Gasteiger partial charge in [-0.2, -0.15) is 0 Å². The SMILES string of the molecule is C=C(CCC)C(C)(C)C1(N)CC1. The summed E-state index contributed by atoms with van der Waals surface area (Å²) in [5.74, 6) is 0. The van der Waals surface area contributed by atoms with Crippen LogP contribution >= 0.6 is 0 Å². The summed E-state index contributed by atoms with van der Waals surface area (Å²) >= 11 is 0. The summed E-state index contributed by atoms with van der Waals surface area (Å²) in [6, 6.07) is 0. The molecule has 0 aromatic heterocycles. The largest absolute Gasteiger partial charge is 0.324 e. The number of hydrogen-bond acceptors (Lipinski definition) is 1. The second kappa shape index (κ2) is 2.88. The van der Waals surface area contributed by atoms with E-state index in [1.807, 2.05) is 0 Å². The average Bonchev–Trinajstić information content (AvgIpc) is 2.70. The molecule has 70 valence electrons. The van der Waals surface area contributed by atoms with E-state index in [9.17, 15) is 0 Å². The monoisotopic (exact) mass is 167 g/mol. The maximum Gasteiger partial charge on any atom is 0.0244 e. The molecule has 0 spiro atoms. The lowest BCUT2D eigenvalue weighted by molar-refractivity contribution is 0.319. The van der Waals surface area contributed by atoms with Gasteiger partial charge in [0.25, 0.3) is 0 Å². The van der Waals surface area contributed by atoms with Crippen LogP contribution in [0.3, 0.4) is 0 Å². The van der Waals surface area contributed by atoms with Gasteiger partial charge in [0.2, 0.25) is 0 Å². The molecule has 0 radical (unpaired) electrons. The molecule has 0 aliphatic heterocycles. The van der Waals surface area contributed by atoms with Gasteiger partial charge in [-0.3, -0.25) is 0 Å². The topological polar surface area (TPSA) is 26.0 Å². The van der Waals surface area contributed by atoms with Crippen LogP contribution in [0.5, 0.6) is 0 Å². The Morgan fingerprint density at radius 3 is 2.33 bits per heavy atom. The van der Waals surface area contributed by atoms with Gasteiger partial charge in [0.05, 0.1) is 0 Å². The first kappa shape index (κ1) is 9.79. The van der Waals surface area contributed by atoms with Gasteiger partial charge in [0.1, 0.15) is 0 Å². The van der Waals surface area contributed by atoms with Crippen LogP contribution in [0.15, 0.2) is 12.2 Å². The summed E-state index contributed by atoms with van der Waals surface area (Å²) in [5.41, 5.74) is 7.73. The zero-order valence-electron chi connectivity index (χ0n) is 8.61. The van der Waals surface area contributed by atoms with Gasteiger partial charge in [0, 0.05) is 11.0 Å². The molecule has 1 heteroatoms. The van der Waals surface area contributed by atoms with E-state index in [4.69, 9.17) is 5.73 Å². The fourth-order valence-corrected chi connectivity index (χ4v) is 1.73. The Morgan fingerprint density at radius 2 is 2.00 bits per heavy atom. The van der Waals surface area contributed by atoms with Crippen molar-refractivity contribution in [1.29, 1.82) is 0 Å². The van der Waals surface area contributed by atoms with Gasteiger partial charge in [0.15, 0.2) is 0 Å². The van der Waals surface area contributed by atoms with Crippen LogP contribution in [0.4, 0.5) is 0 Å². The first-order valence-corrected chi connectivity index (χ1v) is 4.91. The molecule has 1 aliphatic carbocycles. The van der Waals surface area contributed by atoms with E-state index in [-0.39, 0.29) is 11.0 Å². The molecule has 0 unspecified atom stereocenters. The first-order valence-electron chi connectivity index (χ1n) is 4.91. The minimum atomic E-state index is 0.0687. The molecule has 1 rings (SSSR count). The van der Waals surface area contributed by atoms with E-state index in [0.29, 0.717) is 0 Å². The normalized spacial score (nSPS) is 20.7. The summed E-state index contributed by atoms with van der Waals surface area (Å²) in [6.45, 7) is 10.8. The summed E-state index contributed by atoms with van der Waals surface area (Å²) in [5, 5.41) is 0. The van der Waals surface area contributed by atoms with Crippen molar-refractivity contribution in [3.63, 3.8) is 0 Å². The number of nitrogens with two attached hydrogens (primary N) is 1. The van der Waals surface area contributed by atoms with Crippen LogP contribution in [0.1, 0.15) is 46.5 Å². The van der Waals surface area contributed by atoms with Crippen molar-refractivity contribution in [2.45, 2.75) is 52.0 Å². The van der Waals surface area contributed by atoms with E-state index in [2.05, 4.69) is 27.4 Å². The molecular weight excluding hydrogens is 146 g/mol. The highest BCUT2D eigenvalue weighted by Gasteiger charge is 2.51. The quantitative estimate of drug-likeness (QED) is 0.640. The molecule has 0 atom stereocenters. The zero-order chi connectivity index (χ0) is 9.41. The zero-order valence-corrected chi connectivity index (χ0v) is 8.61. The van der Waals surface area contributed by atoms with Crippen LogP contribution in [-0.4, -0.2) is 5.54 Å². The van der Waals surface area contributed by atoms with Crippen molar-refractivity contribution >= 4 is 0 Å². The Bertz CT molecular complexity index is 187. The molecule has 12 heavy (non-hydrogen) atoms. The van der Waals surface area contributed by atoms with E-state index in [0.717, 1.165) is 6.42 Å². The Morgan fingerprint density at radius 1 is 1.50 bits per heavy atom. The summed E-state index contributed by atoms with van der Waals surface area (Å²) in [6.07, 6.45) is 4.63. The minimum absolute atomic E-state index is 0.0687. The second-order valence-corrected chi connectivity index (χ2v) is 4.63. The lowest BCUT2D eigenvalue weighted by atomic mass is 9.74. The summed E-state index contributed by atoms with van der Waals surface area (Å²) < 4.78 is 0. The van der Waals surface area contributed by atoms with Gasteiger partial charge < -0.3 is 5.73 Å². The standard InChI is InChI=1S/C11H21N/c1-5-6-9(2)10(3,4)11(12)7-8-11/h2,5-8,12H2,1,3-4H3. The van der Waals surface area contributed by atoms with Gasteiger partial charge >= 0.3 is 0 Å². The van der Waals surface area contributed by atoms with Crippen LogP contribution in [0.2, 0.25) is 0 Å². The van der Waals surface area contributed by atoms with E-state index in [1.54, 1.807) is 0 Å². The highest BCUT2D eigenvalue weighted by atomic mass is 14.9. The molecule has 0 aromatic rings. The predicted molar refractivity (Wildman–Crippen MR) is 54.0 cm³/mol. The first-order chi connectivity index (χ1) is 5.44. The summed E-state index contributed by atoms with van der Waals surface area (Å²) in [4.78, 5) is 0. The van der Waals surface area contributed by atoms with Crippen LogP contribution < -0.4 is 5.73 Å². The second-order valence-electron chi connectivity index (χ2n) is 4.63. The van der Waals surface area contributed by atoms with Crippen molar-refractivity contribution in [1.82, 2.24) is 0 Å². The molecule has 0 bridgehead atoms. The molecule has 1 nitrogen and oxygen atoms in total. The van der Waals surface area contributed by atoms with Crippen molar-refractivity contribution in [2.75, 3.05) is 0 Å². The maximum absolute atomic E-state index is 6.19. The number of hydrogen-bond donors (Lipinski definition) is 1. The average molecular weight is 167 g/mol.